The normalized spacial score (nSPS) is 15.2. The standard InChI is InChI=1S/C23H23FN4O3S/c1-4-31-21(29)19-14(2)25-22-26-23(32-13-15-6-5-7-17(24)12-15)27-28(22)20(19)16-8-10-18(30-3)11-9-16/h5-12,20H,4,13H2,1-3H3,(H,25,26,27)/t20-/m0/s1. The number of rotatable bonds is 7. The molecular formula is C23H23FN4O3S. The lowest BCUT2D eigenvalue weighted by atomic mass is 9.96. The molecule has 2 aromatic carbocycles. The zero-order valence-electron chi connectivity index (χ0n) is 18.0. The second kappa shape index (κ2) is 9.44. The number of carbonyl (C=O) groups is 1. The third kappa shape index (κ3) is 4.47. The predicted octanol–water partition coefficient (Wildman–Crippen LogP) is 4.57. The molecule has 0 aliphatic carbocycles. The van der Waals surface area contributed by atoms with E-state index in [2.05, 4.69) is 15.4 Å². The van der Waals surface area contributed by atoms with Crippen LogP contribution in [-0.2, 0) is 15.3 Å². The fraction of sp³-hybridized carbons (Fsp3) is 0.261. The molecule has 166 valence electrons. The zero-order valence-corrected chi connectivity index (χ0v) is 18.8. The fourth-order valence-electron chi connectivity index (χ4n) is 3.53. The van der Waals surface area contributed by atoms with Gasteiger partial charge in [0.1, 0.15) is 17.6 Å². The minimum atomic E-state index is -0.507. The van der Waals surface area contributed by atoms with Gasteiger partial charge in [0.15, 0.2) is 0 Å². The van der Waals surface area contributed by atoms with E-state index in [1.807, 2.05) is 37.3 Å². The van der Waals surface area contributed by atoms with Gasteiger partial charge in [-0.3, -0.25) is 0 Å². The number of carbonyl (C=O) groups excluding carboxylic acids is 1. The zero-order chi connectivity index (χ0) is 22.7. The first-order chi connectivity index (χ1) is 15.5. The number of hydrogen-bond donors (Lipinski definition) is 1. The number of thioether (sulfide) groups is 1. The highest BCUT2D eigenvalue weighted by molar-refractivity contribution is 7.98. The Balaban J connectivity index is 1.68. The van der Waals surface area contributed by atoms with Gasteiger partial charge in [-0.1, -0.05) is 36.0 Å². The van der Waals surface area contributed by atoms with Crippen molar-refractivity contribution in [3.63, 3.8) is 0 Å². The van der Waals surface area contributed by atoms with Gasteiger partial charge >= 0.3 is 5.97 Å². The molecular weight excluding hydrogens is 431 g/mol. The quantitative estimate of drug-likeness (QED) is 0.414. The molecule has 7 nitrogen and oxygen atoms in total. The molecule has 0 bridgehead atoms. The summed E-state index contributed by atoms with van der Waals surface area (Å²) in [7, 11) is 1.60. The first-order valence-corrected chi connectivity index (χ1v) is 11.1. The summed E-state index contributed by atoms with van der Waals surface area (Å²) in [5, 5.41) is 8.35. The molecule has 0 fully saturated rings. The Morgan fingerprint density at radius 1 is 1.25 bits per heavy atom. The van der Waals surface area contributed by atoms with Gasteiger partial charge in [0.2, 0.25) is 11.1 Å². The van der Waals surface area contributed by atoms with Crippen molar-refractivity contribution < 1.29 is 18.7 Å². The Labute approximate surface area is 189 Å². The number of hydrogen-bond acceptors (Lipinski definition) is 7. The summed E-state index contributed by atoms with van der Waals surface area (Å²) >= 11 is 1.40. The average molecular weight is 455 g/mol. The highest BCUT2D eigenvalue weighted by Gasteiger charge is 2.35. The highest BCUT2D eigenvalue weighted by atomic mass is 32.2. The van der Waals surface area contributed by atoms with Gasteiger partial charge in [0, 0.05) is 11.4 Å². The molecule has 4 rings (SSSR count). The molecule has 1 aliphatic rings. The average Bonchev–Trinajstić information content (AvgIpc) is 3.19. The van der Waals surface area contributed by atoms with Gasteiger partial charge in [0.25, 0.3) is 0 Å². The van der Waals surface area contributed by atoms with E-state index >= 15 is 0 Å². The first-order valence-electron chi connectivity index (χ1n) is 10.1. The van der Waals surface area contributed by atoms with Gasteiger partial charge in [-0.15, -0.1) is 5.10 Å². The molecule has 0 saturated heterocycles. The number of nitrogens with zero attached hydrogens (tertiary/aromatic N) is 3. The summed E-state index contributed by atoms with van der Waals surface area (Å²) < 4.78 is 25.8. The number of nitrogens with one attached hydrogen (secondary N) is 1. The molecule has 2 heterocycles. The van der Waals surface area contributed by atoms with E-state index in [1.165, 1.54) is 23.9 Å². The Kier molecular flexibility index (Phi) is 6.45. The van der Waals surface area contributed by atoms with Gasteiger partial charge in [-0.05, 0) is 49.2 Å². The number of esters is 1. The number of benzene rings is 2. The van der Waals surface area contributed by atoms with Crippen molar-refractivity contribution in [1.29, 1.82) is 0 Å². The van der Waals surface area contributed by atoms with Crippen LogP contribution in [0.4, 0.5) is 10.3 Å². The molecule has 0 radical (unpaired) electrons. The van der Waals surface area contributed by atoms with Gasteiger partial charge < -0.3 is 14.8 Å². The second-order valence-electron chi connectivity index (χ2n) is 7.14. The second-order valence-corrected chi connectivity index (χ2v) is 8.08. The monoisotopic (exact) mass is 454 g/mol. The largest absolute Gasteiger partial charge is 0.497 e. The Hall–Kier alpha value is -3.33. The summed E-state index contributed by atoms with van der Waals surface area (Å²) in [6.07, 6.45) is 0. The summed E-state index contributed by atoms with van der Waals surface area (Å²) in [4.78, 5) is 17.4. The van der Waals surface area contributed by atoms with Crippen LogP contribution in [0.3, 0.4) is 0 Å². The number of allylic oxidation sites excluding steroid dienone is 1. The number of aromatic nitrogens is 3. The van der Waals surface area contributed by atoms with Crippen LogP contribution in [0, 0.1) is 5.82 Å². The number of methoxy groups -OCH3 is 1. The third-order valence-corrected chi connectivity index (χ3v) is 5.93. The molecule has 1 atom stereocenters. The number of fused-ring (bicyclic) bond motifs is 1. The van der Waals surface area contributed by atoms with E-state index in [4.69, 9.17) is 9.47 Å². The van der Waals surface area contributed by atoms with Crippen LogP contribution in [0.5, 0.6) is 5.75 Å². The molecule has 1 N–H and O–H groups in total. The van der Waals surface area contributed by atoms with Crippen molar-refractivity contribution in [3.05, 3.63) is 76.7 Å². The van der Waals surface area contributed by atoms with E-state index < -0.39 is 12.0 Å². The van der Waals surface area contributed by atoms with Crippen molar-refractivity contribution >= 4 is 23.7 Å². The van der Waals surface area contributed by atoms with Crippen LogP contribution < -0.4 is 10.1 Å². The van der Waals surface area contributed by atoms with Gasteiger partial charge in [-0.25, -0.2) is 13.9 Å². The molecule has 1 aromatic heterocycles. The molecule has 0 saturated carbocycles. The van der Waals surface area contributed by atoms with Crippen LogP contribution in [-0.4, -0.2) is 34.5 Å². The summed E-state index contributed by atoms with van der Waals surface area (Å²) in [6, 6.07) is 13.4. The Morgan fingerprint density at radius 3 is 2.72 bits per heavy atom. The van der Waals surface area contributed by atoms with E-state index in [1.54, 1.807) is 24.8 Å². The highest BCUT2D eigenvalue weighted by Crippen LogP contribution is 2.37. The maximum absolute atomic E-state index is 13.5. The molecule has 1 aliphatic heterocycles. The summed E-state index contributed by atoms with van der Waals surface area (Å²) in [6.45, 7) is 3.86. The fourth-order valence-corrected chi connectivity index (χ4v) is 4.31. The van der Waals surface area contributed by atoms with Crippen molar-refractivity contribution in [2.24, 2.45) is 0 Å². The van der Waals surface area contributed by atoms with E-state index in [0.29, 0.717) is 33.9 Å². The summed E-state index contributed by atoms with van der Waals surface area (Å²) in [5.74, 6) is 1.07. The lowest BCUT2D eigenvalue weighted by Gasteiger charge is -2.28. The predicted molar refractivity (Wildman–Crippen MR) is 120 cm³/mol. The lowest BCUT2D eigenvalue weighted by molar-refractivity contribution is -0.139. The topological polar surface area (TPSA) is 78.3 Å². The van der Waals surface area contributed by atoms with Crippen LogP contribution in [0.2, 0.25) is 0 Å². The van der Waals surface area contributed by atoms with Crippen molar-refractivity contribution in [2.45, 2.75) is 30.8 Å². The molecule has 3 aromatic rings. The van der Waals surface area contributed by atoms with Crippen LogP contribution in [0.1, 0.15) is 31.0 Å². The van der Waals surface area contributed by atoms with E-state index in [9.17, 15) is 9.18 Å². The maximum Gasteiger partial charge on any atom is 0.338 e. The van der Waals surface area contributed by atoms with Crippen LogP contribution >= 0.6 is 11.8 Å². The van der Waals surface area contributed by atoms with Gasteiger partial charge in [0.05, 0.1) is 19.3 Å². The van der Waals surface area contributed by atoms with Crippen LogP contribution in [0.15, 0.2) is 65.0 Å². The van der Waals surface area contributed by atoms with Crippen molar-refractivity contribution in [2.75, 3.05) is 19.0 Å². The van der Waals surface area contributed by atoms with Gasteiger partial charge in [-0.2, -0.15) is 4.98 Å². The van der Waals surface area contributed by atoms with E-state index in [-0.39, 0.29) is 12.4 Å². The number of ether oxygens (including phenoxy) is 2. The molecule has 0 spiro atoms. The number of anilines is 1. The Morgan fingerprint density at radius 2 is 2.03 bits per heavy atom. The van der Waals surface area contributed by atoms with Crippen molar-refractivity contribution in [1.82, 2.24) is 14.8 Å². The van der Waals surface area contributed by atoms with Crippen molar-refractivity contribution in [3.8, 4) is 5.75 Å². The van der Waals surface area contributed by atoms with Crippen LogP contribution in [0.25, 0.3) is 0 Å². The minimum absolute atomic E-state index is 0.268. The SMILES string of the molecule is CCOC(=O)C1=C(C)Nc2nc(SCc3cccc(F)c3)nn2[C@H]1c1ccc(OC)cc1. The minimum Gasteiger partial charge on any atom is -0.497 e. The Bertz CT molecular complexity index is 1160. The molecule has 32 heavy (non-hydrogen) atoms. The molecule has 9 heteroatoms. The first kappa shape index (κ1) is 21.9. The molecule has 0 amide bonds. The lowest BCUT2D eigenvalue weighted by Crippen LogP contribution is -2.29. The smallest absolute Gasteiger partial charge is 0.338 e. The summed E-state index contributed by atoms with van der Waals surface area (Å²) in [5.41, 5.74) is 2.81. The third-order valence-electron chi connectivity index (χ3n) is 5.02. The maximum atomic E-state index is 13.5. The number of halogens is 1. The van der Waals surface area contributed by atoms with E-state index in [0.717, 1.165) is 11.1 Å². The molecule has 0 unspecified atom stereocenters.